The van der Waals surface area contributed by atoms with Gasteiger partial charge in [0.05, 0.1) is 5.56 Å². The number of pyridine rings is 1. The standard InChI is InChI=1S/C20H22FN3O2/c1-15-7-10-22-14-17(15)18(25)24-11-8-20(21,9-12-24)19(26)23-13-16-5-3-2-4-6-16/h2-7,10,14H,8-9,11-13H2,1H3,(H,23,26). The van der Waals surface area contributed by atoms with Crippen molar-refractivity contribution in [3.63, 3.8) is 0 Å². The van der Waals surface area contributed by atoms with Gasteiger partial charge in [0, 0.05) is 44.9 Å². The van der Waals surface area contributed by atoms with Gasteiger partial charge < -0.3 is 10.2 Å². The van der Waals surface area contributed by atoms with Gasteiger partial charge in [-0.3, -0.25) is 14.6 Å². The highest BCUT2D eigenvalue weighted by atomic mass is 19.1. The highest BCUT2D eigenvalue weighted by Crippen LogP contribution is 2.28. The van der Waals surface area contributed by atoms with Crippen LogP contribution in [0.1, 0.15) is 34.3 Å². The third-order valence-electron chi connectivity index (χ3n) is 4.82. The molecule has 2 amide bonds. The molecule has 0 saturated carbocycles. The van der Waals surface area contributed by atoms with Crippen LogP contribution in [0.3, 0.4) is 0 Å². The summed E-state index contributed by atoms with van der Waals surface area (Å²) < 4.78 is 15.0. The van der Waals surface area contributed by atoms with Gasteiger partial charge in [-0.1, -0.05) is 30.3 Å². The van der Waals surface area contributed by atoms with E-state index >= 15 is 4.39 Å². The number of piperidine rings is 1. The van der Waals surface area contributed by atoms with E-state index in [2.05, 4.69) is 10.3 Å². The van der Waals surface area contributed by atoms with Gasteiger partial charge in [-0.15, -0.1) is 0 Å². The van der Waals surface area contributed by atoms with Crippen molar-refractivity contribution in [3.8, 4) is 0 Å². The van der Waals surface area contributed by atoms with Crippen molar-refractivity contribution in [1.29, 1.82) is 0 Å². The molecule has 0 unspecified atom stereocenters. The van der Waals surface area contributed by atoms with Crippen molar-refractivity contribution in [2.24, 2.45) is 0 Å². The molecule has 1 fully saturated rings. The lowest BCUT2D eigenvalue weighted by atomic mass is 9.91. The number of carbonyl (C=O) groups excluding carboxylic acids is 2. The van der Waals surface area contributed by atoms with Crippen LogP contribution >= 0.6 is 0 Å². The number of hydrogen-bond acceptors (Lipinski definition) is 3. The first kappa shape index (κ1) is 18.0. The van der Waals surface area contributed by atoms with Crippen molar-refractivity contribution in [2.75, 3.05) is 13.1 Å². The molecule has 1 aliphatic rings. The second kappa shape index (κ2) is 7.64. The average molecular weight is 355 g/mol. The Morgan fingerprint density at radius 2 is 1.88 bits per heavy atom. The Hall–Kier alpha value is -2.76. The van der Waals surface area contributed by atoms with Crippen molar-refractivity contribution in [3.05, 3.63) is 65.5 Å². The molecule has 0 bridgehead atoms. The lowest BCUT2D eigenvalue weighted by molar-refractivity contribution is -0.135. The Kier molecular flexibility index (Phi) is 5.30. The SMILES string of the molecule is Cc1ccncc1C(=O)N1CCC(F)(C(=O)NCc2ccccc2)CC1. The minimum Gasteiger partial charge on any atom is -0.349 e. The van der Waals surface area contributed by atoms with E-state index in [9.17, 15) is 9.59 Å². The van der Waals surface area contributed by atoms with Crippen molar-refractivity contribution in [1.82, 2.24) is 15.2 Å². The number of likely N-dealkylation sites (tertiary alicyclic amines) is 1. The third kappa shape index (κ3) is 3.90. The van der Waals surface area contributed by atoms with E-state index in [-0.39, 0.29) is 31.8 Å². The molecule has 0 atom stereocenters. The zero-order valence-electron chi connectivity index (χ0n) is 14.7. The normalized spacial score (nSPS) is 16.2. The first-order valence-corrected chi connectivity index (χ1v) is 8.71. The first-order chi connectivity index (χ1) is 12.5. The van der Waals surface area contributed by atoms with E-state index in [4.69, 9.17) is 0 Å². The van der Waals surface area contributed by atoms with E-state index in [0.717, 1.165) is 11.1 Å². The molecule has 5 nitrogen and oxygen atoms in total. The summed E-state index contributed by atoms with van der Waals surface area (Å²) in [6.07, 6.45) is 3.16. The summed E-state index contributed by atoms with van der Waals surface area (Å²) in [7, 11) is 0. The summed E-state index contributed by atoms with van der Waals surface area (Å²) in [4.78, 5) is 30.4. The molecule has 2 heterocycles. The Morgan fingerprint density at radius 1 is 1.19 bits per heavy atom. The zero-order valence-corrected chi connectivity index (χ0v) is 14.7. The van der Waals surface area contributed by atoms with E-state index in [1.807, 2.05) is 37.3 Å². The molecule has 6 heteroatoms. The van der Waals surface area contributed by atoms with E-state index in [0.29, 0.717) is 12.1 Å². The Bertz CT molecular complexity index is 787. The van der Waals surface area contributed by atoms with Gasteiger partial charge in [0.1, 0.15) is 0 Å². The summed E-state index contributed by atoms with van der Waals surface area (Å²) in [5.41, 5.74) is 0.342. The number of benzene rings is 1. The van der Waals surface area contributed by atoms with Crippen LogP contribution in [0.15, 0.2) is 48.8 Å². The van der Waals surface area contributed by atoms with Gasteiger partial charge in [-0.05, 0) is 24.1 Å². The van der Waals surface area contributed by atoms with Gasteiger partial charge in [0.15, 0.2) is 5.67 Å². The molecule has 1 aromatic carbocycles. The van der Waals surface area contributed by atoms with Gasteiger partial charge >= 0.3 is 0 Å². The maximum Gasteiger partial charge on any atom is 0.258 e. The maximum absolute atomic E-state index is 15.0. The summed E-state index contributed by atoms with van der Waals surface area (Å²) in [6, 6.07) is 11.2. The molecule has 1 N–H and O–H groups in total. The number of halogens is 1. The Labute approximate surface area is 152 Å². The Balaban J connectivity index is 1.57. The number of aromatic nitrogens is 1. The number of alkyl halides is 1. The molecule has 3 rings (SSSR count). The lowest BCUT2D eigenvalue weighted by Gasteiger charge is -2.35. The smallest absolute Gasteiger partial charge is 0.258 e. The minimum absolute atomic E-state index is 0.00132. The zero-order chi connectivity index (χ0) is 18.6. The second-order valence-corrected chi connectivity index (χ2v) is 6.62. The highest BCUT2D eigenvalue weighted by molar-refractivity contribution is 5.95. The van der Waals surface area contributed by atoms with Crippen molar-refractivity contribution >= 4 is 11.8 Å². The molecule has 26 heavy (non-hydrogen) atoms. The molecule has 1 aromatic heterocycles. The molecular weight excluding hydrogens is 333 g/mol. The maximum atomic E-state index is 15.0. The van der Waals surface area contributed by atoms with Crippen LogP contribution < -0.4 is 5.32 Å². The number of hydrogen-bond donors (Lipinski definition) is 1. The van der Waals surface area contributed by atoms with E-state index < -0.39 is 11.6 Å². The molecular formula is C20H22FN3O2. The topological polar surface area (TPSA) is 62.3 Å². The lowest BCUT2D eigenvalue weighted by Crippen LogP contribution is -2.52. The van der Waals surface area contributed by atoms with Crippen LogP contribution in [-0.2, 0) is 11.3 Å². The van der Waals surface area contributed by atoms with Crippen molar-refractivity contribution < 1.29 is 14.0 Å². The van der Waals surface area contributed by atoms with E-state index in [1.165, 1.54) is 6.20 Å². The fraction of sp³-hybridized carbons (Fsp3) is 0.350. The van der Waals surface area contributed by atoms with E-state index in [1.54, 1.807) is 17.2 Å². The fourth-order valence-electron chi connectivity index (χ4n) is 3.09. The second-order valence-electron chi connectivity index (χ2n) is 6.62. The number of nitrogens with one attached hydrogen (secondary N) is 1. The van der Waals surface area contributed by atoms with Crippen LogP contribution in [-0.4, -0.2) is 40.5 Å². The predicted molar refractivity (Wildman–Crippen MR) is 96.2 cm³/mol. The highest BCUT2D eigenvalue weighted by Gasteiger charge is 2.42. The van der Waals surface area contributed by atoms with Gasteiger partial charge in [-0.25, -0.2) is 4.39 Å². The van der Waals surface area contributed by atoms with Crippen molar-refractivity contribution in [2.45, 2.75) is 32.0 Å². The minimum atomic E-state index is -1.93. The molecule has 136 valence electrons. The molecule has 0 radical (unpaired) electrons. The summed E-state index contributed by atoms with van der Waals surface area (Å²) in [5.74, 6) is -0.770. The predicted octanol–water partition coefficient (Wildman–Crippen LogP) is 2.65. The molecule has 1 aliphatic heterocycles. The van der Waals surface area contributed by atoms with Crippen LogP contribution in [0.25, 0.3) is 0 Å². The quantitative estimate of drug-likeness (QED) is 0.917. The number of aryl methyl sites for hydroxylation is 1. The van der Waals surface area contributed by atoms with Crippen LogP contribution in [0.4, 0.5) is 4.39 Å². The Morgan fingerprint density at radius 3 is 2.54 bits per heavy atom. The number of rotatable bonds is 4. The summed E-state index contributed by atoms with van der Waals surface area (Å²) >= 11 is 0. The van der Waals surface area contributed by atoms with Crippen LogP contribution in [0.5, 0.6) is 0 Å². The van der Waals surface area contributed by atoms with Crippen LogP contribution in [0, 0.1) is 6.92 Å². The third-order valence-corrected chi connectivity index (χ3v) is 4.82. The van der Waals surface area contributed by atoms with Gasteiger partial charge in [-0.2, -0.15) is 0 Å². The number of amides is 2. The van der Waals surface area contributed by atoms with Crippen LogP contribution in [0.2, 0.25) is 0 Å². The molecule has 2 aromatic rings. The molecule has 0 aliphatic carbocycles. The number of carbonyl (C=O) groups is 2. The fourth-order valence-corrected chi connectivity index (χ4v) is 3.09. The summed E-state index contributed by atoms with van der Waals surface area (Å²) in [5, 5.41) is 2.67. The number of nitrogens with zero attached hydrogens (tertiary/aromatic N) is 2. The average Bonchev–Trinajstić information content (AvgIpc) is 2.67. The largest absolute Gasteiger partial charge is 0.349 e. The first-order valence-electron chi connectivity index (χ1n) is 8.71. The monoisotopic (exact) mass is 355 g/mol. The van der Waals surface area contributed by atoms with Gasteiger partial charge in [0.25, 0.3) is 11.8 Å². The molecule has 0 spiro atoms. The summed E-state index contributed by atoms with van der Waals surface area (Å²) in [6.45, 7) is 2.56. The van der Waals surface area contributed by atoms with Gasteiger partial charge in [0.2, 0.25) is 0 Å². The molecule has 1 saturated heterocycles.